The molecule has 0 aromatic heterocycles. The van der Waals surface area contributed by atoms with E-state index in [9.17, 15) is 14.0 Å². The van der Waals surface area contributed by atoms with E-state index < -0.39 is 24.3 Å². The normalized spacial score (nSPS) is 13.5. The number of nitrogens with zero attached hydrogens (tertiary/aromatic N) is 2. The number of ether oxygens (including phenoxy) is 1. The third-order valence-corrected chi connectivity index (χ3v) is 3.60. The maximum atomic E-state index is 12.8. The molecule has 0 aliphatic carbocycles. The lowest BCUT2D eigenvalue weighted by molar-refractivity contribution is -0.134. The van der Waals surface area contributed by atoms with Gasteiger partial charge in [0.2, 0.25) is 0 Å². The van der Waals surface area contributed by atoms with E-state index >= 15 is 0 Å². The molecule has 0 saturated heterocycles. The van der Waals surface area contributed by atoms with Gasteiger partial charge in [-0.25, -0.2) is 14.2 Å². The second-order valence-electron chi connectivity index (χ2n) is 5.26. The van der Waals surface area contributed by atoms with Crippen LogP contribution in [-0.4, -0.2) is 35.7 Å². The Balaban J connectivity index is 1.57. The maximum absolute atomic E-state index is 12.8. The highest BCUT2D eigenvalue weighted by Crippen LogP contribution is 2.14. The van der Waals surface area contributed by atoms with Crippen molar-refractivity contribution in [2.75, 3.05) is 13.2 Å². The molecule has 2 aromatic carbocycles. The number of amides is 1. The standard InChI is InChI=1S/C18H15FN2O3/c19-15-8-6-14(7-9-15)18(23)24-12-17(22)21-11-10-16(20-21)13-4-2-1-3-5-13/h1-9H,10-12H2. The van der Waals surface area contributed by atoms with Crippen LogP contribution in [0.1, 0.15) is 22.3 Å². The van der Waals surface area contributed by atoms with Gasteiger partial charge >= 0.3 is 5.97 Å². The van der Waals surface area contributed by atoms with Gasteiger partial charge < -0.3 is 4.74 Å². The number of rotatable bonds is 4. The molecule has 1 aliphatic rings. The number of hydrazone groups is 1. The highest BCUT2D eigenvalue weighted by molar-refractivity contribution is 6.02. The van der Waals surface area contributed by atoms with E-state index in [4.69, 9.17) is 4.74 Å². The first kappa shape index (κ1) is 15.9. The number of hydrogen-bond acceptors (Lipinski definition) is 4. The highest BCUT2D eigenvalue weighted by Gasteiger charge is 2.22. The van der Waals surface area contributed by atoms with Gasteiger partial charge in [0.25, 0.3) is 5.91 Å². The van der Waals surface area contributed by atoms with Gasteiger partial charge in [0.15, 0.2) is 6.61 Å². The van der Waals surface area contributed by atoms with Crippen molar-refractivity contribution >= 4 is 17.6 Å². The van der Waals surface area contributed by atoms with Crippen LogP contribution in [0, 0.1) is 5.82 Å². The van der Waals surface area contributed by atoms with E-state index in [1.165, 1.54) is 17.1 Å². The number of carbonyl (C=O) groups excluding carboxylic acids is 2. The summed E-state index contributed by atoms with van der Waals surface area (Å²) in [6.45, 7) is 0.0545. The summed E-state index contributed by atoms with van der Waals surface area (Å²) in [5.74, 6) is -1.51. The van der Waals surface area contributed by atoms with E-state index in [1.807, 2.05) is 30.3 Å². The molecule has 0 atom stereocenters. The molecule has 1 aliphatic heterocycles. The van der Waals surface area contributed by atoms with Gasteiger partial charge in [-0.15, -0.1) is 0 Å². The molecule has 0 unspecified atom stereocenters. The largest absolute Gasteiger partial charge is 0.452 e. The molecule has 24 heavy (non-hydrogen) atoms. The molecule has 5 nitrogen and oxygen atoms in total. The van der Waals surface area contributed by atoms with Crippen LogP contribution < -0.4 is 0 Å². The van der Waals surface area contributed by atoms with Crippen LogP contribution in [-0.2, 0) is 9.53 Å². The predicted octanol–water partition coefficient (Wildman–Crippen LogP) is 2.62. The summed E-state index contributed by atoms with van der Waals surface area (Å²) >= 11 is 0. The fourth-order valence-electron chi connectivity index (χ4n) is 2.34. The first-order chi connectivity index (χ1) is 11.6. The highest BCUT2D eigenvalue weighted by atomic mass is 19.1. The summed E-state index contributed by atoms with van der Waals surface area (Å²) in [5.41, 5.74) is 1.99. The van der Waals surface area contributed by atoms with Gasteiger partial charge in [-0.2, -0.15) is 5.10 Å². The molecule has 1 amide bonds. The van der Waals surface area contributed by atoms with Crippen LogP contribution >= 0.6 is 0 Å². The van der Waals surface area contributed by atoms with Crippen LogP contribution in [0.5, 0.6) is 0 Å². The number of hydrogen-bond donors (Lipinski definition) is 0. The quantitative estimate of drug-likeness (QED) is 0.812. The van der Waals surface area contributed by atoms with Crippen molar-refractivity contribution in [3.8, 4) is 0 Å². The van der Waals surface area contributed by atoms with Gasteiger partial charge in [0.1, 0.15) is 5.82 Å². The Morgan fingerprint density at radius 2 is 1.79 bits per heavy atom. The van der Waals surface area contributed by atoms with Crippen LogP contribution in [0.2, 0.25) is 0 Å². The van der Waals surface area contributed by atoms with Gasteiger partial charge in [0, 0.05) is 6.42 Å². The Hall–Kier alpha value is -3.02. The van der Waals surface area contributed by atoms with Crippen molar-refractivity contribution in [1.29, 1.82) is 0 Å². The Morgan fingerprint density at radius 3 is 2.50 bits per heavy atom. The fourth-order valence-corrected chi connectivity index (χ4v) is 2.34. The molecule has 0 spiro atoms. The molecule has 122 valence electrons. The third kappa shape index (κ3) is 3.65. The molecule has 1 heterocycles. The SMILES string of the molecule is O=C(OCC(=O)N1CCC(c2ccccc2)=N1)c1ccc(F)cc1. The maximum Gasteiger partial charge on any atom is 0.338 e. The molecule has 3 rings (SSSR count). The lowest BCUT2D eigenvalue weighted by Gasteiger charge is -2.11. The summed E-state index contributed by atoms with van der Waals surface area (Å²) in [7, 11) is 0. The zero-order valence-corrected chi connectivity index (χ0v) is 12.8. The number of halogens is 1. The Morgan fingerprint density at radius 1 is 1.08 bits per heavy atom. The average Bonchev–Trinajstić information content (AvgIpc) is 3.11. The Labute approximate surface area is 138 Å². The fraction of sp³-hybridized carbons (Fsp3) is 0.167. The predicted molar refractivity (Wildman–Crippen MR) is 86.0 cm³/mol. The minimum Gasteiger partial charge on any atom is -0.452 e. The van der Waals surface area contributed by atoms with Crippen molar-refractivity contribution < 1.29 is 18.7 Å². The molecular weight excluding hydrogens is 311 g/mol. The minimum atomic E-state index is -0.671. The van der Waals surface area contributed by atoms with Crippen LogP contribution in [0.4, 0.5) is 4.39 Å². The molecule has 0 N–H and O–H groups in total. The monoisotopic (exact) mass is 326 g/mol. The minimum absolute atomic E-state index is 0.194. The van der Waals surface area contributed by atoms with Crippen molar-refractivity contribution in [2.24, 2.45) is 5.10 Å². The average molecular weight is 326 g/mol. The molecule has 2 aromatic rings. The van der Waals surface area contributed by atoms with Crippen molar-refractivity contribution in [2.45, 2.75) is 6.42 Å². The zero-order chi connectivity index (χ0) is 16.9. The second-order valence-corrected chi connectivity index (χ2v) is 5.26. The second kappa shape index (κ2) is 7.04. The Bertz CT molecular complexity index is 773. The molecule has 0 saturated carbocycles. The summed E-state index contributed by atoms with van der Waals surface area (Å²) in [4.78, 5) is 23.9. The van der Waals surface area contributed by atoms with Gasteiger partial charge in [-0.05, 0) is 29.8 Å². The first-order valence-electron chi connectivity index (χ1n) is 7.49. The third-order valence-electron chi connectivity index (χ3n) is 3.60. The molecule has 6 heteroatoms. The van der Waals surface area contributed by atoms with Crippen LogP contribution in [0.15, 0.2) is 59.7 Å². The number of benzene rings is 2. The summed E-state index contributed by atoms with van der Waals surface area (Å²) in [6.07, 6.45) is 0.654. The molecule has 0 bridgehead atoms. The van der Waals surface area contributed by atoms with Gasteiger partial charge in [0.05, 0.1) is 17.8 Å². The lowest BCUT2D eigenvalue weighted by Crippen LogP contribution is -2.28. The lowest BCUT2D eigenvalue weighted by atomic mass is 10.1. The molecule has 0 radical (unpaired) electrons. The summed E-state index contributed by atoms with van der Waals surface area (Å²) < 4.78 is 17.8. The topological polar surface area (TPSA) is 59.0 Å². The number of esters is 1. The van der Waals surface area contributed by atoms with Crippen molar-refractivity contribution in [1.82, 2.24) is 5.01 Å². The van der Waals surface area contributed by atoms with E-state index in [0.29, 0.717) is 13.0 Å². The van der Waals surface area contributed by atoms with Crippen molar-refractivity contribution in [3.63, 3.8) is 0 Å². The van der Waals surface area contributed by atoms with Gasteiger partial charge in [-0.1, -0.05) is 30.3 Å². The van der Waals surface area contributed by atoms with Crippen molar-refractivity contribution in [3.05, 3.63) is 71.5 Å². The van der Waals surface area contributed by atoms with Crippen LogP contribution in [0.25, 0.3) is 0 Å². The molecular formula is C18H15FN2O3. The zero-order valence-electron chi connectivity index (χ0n) is 12.8. The molecule has 0 fully saturated rings. The van der Waals surface area contributed by atoms with E-state index in [0.717, 1.165) is 23.4 Å². The summed E-state index contributed by atoms with van der Waals surface area (Å²) in [5, 5.41) is 5.59. The first-order valence-corrected chi connectivity index (χ1v) is 7.49. The van der Waals surface area contributed by atoms with Crippen LogP contribution in [0.3, 0.4) is 0 Å². The summed E-state index contributed by atoms with van der Waals surface area (Å²) in [6, 6.07) is 14.5. The van der Waals surface area contributed by atoms with E-state index in [-0.39, 0.29) is 5.56 Å². The van der Waals surface area contributed by atoms with E-state index in [1.54, 1.807) is 0 Å². The smallest absolute Gasteiger partial charge is 0.338 e. The Kier molecular flexibility index (Phi) is 4.65. The van der Waals surface area contributed by atoms with E-state index in [2.05, 4.69) is 5.10 Å². The van der Waals surface area contributed by atoms with Gasteiger partial charge in [-0.3, -0.25) is 4.79 Å². The number of carbonyl (C=O) groups is 2.